The average Bonchev–Trinajstić information content (AvgIpc) is 2.34. The fourth-order valence-electron chi connectivity index (χ4n) is 1.31. The number of carboxylic acid groups (broad SMARTS) is 1. The van der Waals surface area contributed by atoms with E-state index in [0.717, 1.165) is 6.07 Å². The van der Waals surface area contributed by atoms with Crippen molar-refractivity contribution in [1.82, 2.24) is 5.32 Å². The maximum absolute atomic E-state index is 12.0. The lowest BCUT2D eigenvalue weighted by molar-refractivity contribution is -0.173. The van der Waals surface area contributed by atoms with Crippen LogP contribution in [0.15, 0.2) is 18.2 Å². The number of carboxylic acids is 1. The Hall–Kier alpha value is -2.25. The van der Waals surface area contributed by atoms with Crippen molar-refractivity contribution in [1.29, 1.82) is 0 Å². The number of aromatic carboxylic acids is 1. The van der Waals surface area contributed by atoms with Gasteiger partial charge in [0.25, 0.3) is 0 Å². The molecule has 0 saturated carbocycles. The van der Waals surface area contributed by atoms with Crippen LogP contribution in [0.25, 0.3) is 0 Å². The summed E-state index contributed by atoms with van der Waals surface area (Å²) in [6, 6.07) is 3.80. The second kappa shape index (κ2) is 5.59. The first kappa shape index (κ1) is 14.8. The van der Waals surface area contributed by atoms with Gasteiger partial charge in [0.15, 0.2) is 0 Å². The number of rotatable bonds is 4. The maximum Gasteiger partial charge on any atom is 0.471 e. The highest BCUT2D eigenvalue weighted by atomic mass is 19.4. The van der Waals surface area contributed by atoms with Crippen LogP contribution in [-0.4, -0.2) is 30.3 Å². The van der Waals surface area contributed by atoms with Gasteiger partial charge in [-0.05, 0) is 17.7 Å². The zero-order valence-electron chi connectivity index (χ0n) is 9.75. The van der Waals surface area contributed by atoms with Crippen LogP contribution in [0.5, 0.6) is 5.75 Å². The van der Waals surface area contributed by atoms with Crippen molar-refractivity contribution in [2.45, 2.75) is 12.7 Å². The number of amides is 1. The van der Waals surface area contributed by atoms with Crippen LogP contribution >= 0.6 is 0 Å². The summed E-state index contributed by atoms with van der Waals surface area (Å²) in [6.45, 7) is -0.428. The normalized spacial score (nSPS) is 10.9. The van der Waals surface area contributed by atoms with Gasteiger partial charge >= 0.3 is 18.1 Å². The molecule has 0 bridgehead atoms. The van der Waals surface area contributed by atoms with Crippen molar-refractivity contribution in [3.05, 3.63) is 29.3 Å². The summed E-state index contributed by atoms with van der Waals surface area (Å²) < 4.78 is 40.6. The first-order valence-electron chi connectivity index (χ1n) is 5.01. The average molecular weight is 277 g/mol. The number of ether oxygens (including phenoxy) is 1. The Morgan fingerprint density at radius 2 is 2.00 bits per heavy atom. The Balaban J connectivity index is 2.84. The second-order valence-electron chi connectivity index (χ2n) is 3.52. The summed E-state index contributed by atoms with van der Waals surface area (Å²) in [7, 11) is 1.27. The molecule has 5 nitrogen and oxygen atoms in total. The third-order valence-corrected chi connectivity index (χ3v) is 2.20. The monoisotopic (exact) mass is 277 g/mol. The number of carbonyl (C=O) groups is 2. The van der Waals surface area contributed by atoms with E-state index in [2.05, 4.69) is 0 Å². The van der Waals surface area contributed by atoms with E-state index in [1.54, 1.807) is 5.32 Å². The zero-order valence-corrected chi connectivity index (χ0v) is 9.75. The summed E-state index contributed by atoms with van der Waals surface area (Å²) in [4.78, 5) is 21.5. The SMILES string of the molecule is COc1ccc(CNC(=O)C(F)(F)F)cc1C(=O)O. The molecule has 0 heterocycles. The maximum atomic E-state index is 12.0. The van der Waals surface area contributed by atoms with Crippen molar-refractivity contribution in [2.75, 3.05) is 7.11 Å². The predicted molar refractivity (Wildman–Crippen MR) is 57.9 cm³/mol. The topological polar surface area (TPSA) is 75.6 Å². The molecule has 0 fully saturated rings. The van der Waals surface area contributed by atoms with Crippen LogP contribution in [-0.2, 0) is 11.3 Å². The van der Waals surface area contributed by atoms with Crippen molar-refractivity contribution >= 4 is 11.9 Å². The highest BCUT2D eigenvalue weighted by Gasteiger charge is 2.38. The van der Waals surface area contributed by atoms with Crippen LogP contribution < -0.4 is 10.1 Å². The summed E-state index contributed by atoms with van der Waals surface area (Å²) in [6.07, 6.45) is -4.97. The number of hydrogen-bond donors (Lipinski definition) is 2. The van der Waals surface area contributed by atoms with Crippen LogP contribution in [0.2, 0.25) is 0 Å². The molecule has 0 aliphatic rings. The van der Waals surface area contributed by atoms with E-state index in [1.165, 1.54) is 19.2 Å². The van der Waals surface area contributed by atoms with Gasteiger partial charge in [-0.15, -0.1) is 0 Å². The van der Waals surface area contributed by atoms with Crippen molar-refractivity contribution in [2.24, 2.45) is 0 Å². The smallest absolute Gasteiger partial charge is 0.471 e. The van der Waals surface area contributed by atoms with Crippen molar-refractivity contribution < 1.29 is 32.6 Å². The Morgan fingerprint density at radius 1 is 1.37 bits per heavy atom. The van der Waals surface area contributed by atoms with Crippen LogP contribution in [0.3, 0.4) is 0 Å². The molecular weight excluding hydrogens is 267 g/mol. The Morgan fingerprint density at radius 3 is 2.47 bits per heavy atom. The standard InChI is InChI=1S/C11H10F3NO4/c1-19-8-3-2-6(4-7(8)9(16)17)5-15-10(18)11(12,13)14/h2-4H,5H2,1H3,(H,15,18)(H,16,17). The third kappa shape index (κ3) is 3.87. The number of carbonyl (C=O) groups excluding carboxylic acids is 1. The van der Waals surface area contributed by atoms with Gasteiger partial charge in [0, 0.05) is 6.54 Å². The molecule has 8 heteroatoms. The van der Waals surface area contributed by atoms with Gasteiger partial charge in [0.2, 0.25) is 0 Å². The number of halogens is 3. The van der Waals surface area contributed by atoms with Crippen molar-refractivity contribution in [3.8, 4) is 5.75 Å². The molecule has 0 unspecified atom stereocenters. The minimum Gasteiger partial charge on any atom is -0.496 e. The Bertz CT molecular complexity index is 499. The molecule has 1 rings (SSSR count). The number of alkyl halides is 3. The number of hydrogen-bond acceptors (Lipinski definition) is 3. The zero-order chi connectivity index (χ0) is 14.6. The third-order valence-electron chi connectivity index (χ3n) is 2.20. The predicted octanol–water partition coefficient (Wildman–Crippen LogP) is 1.57. The Kier molecular flexibility index (Phi) is 4.36. The van der Waals surface area contributed by atoms with E-state index in [4.69, 9.17) is 9.84 Å². The molecule has 0 aliphatic carbocycles. The fraction of sp³-hybridized carbons (Fsp3) is 0.273. The van der Waals surface area contributed by atoms with E-state index in [9.17, 15) is 22.8 Å². The molecule has 0 radical (unpaired) electrons. The molecule has 104 valence electrons. The van der Waals surface area contributed by atoms with Gasteiger partial charge in [-0.1, -0.05) is 6.07 Å². The molecule has 0 spiro atoms. The summed E-state index contributed by atoms with van der Waals surface area (Å²) in [5, 5.41) is 10.5. The molecule has 0 saturated heterocycles. The molecule has 1 aromatic carbocycles. The van der Waals surface area contributed by atoms with Crippen LogP contribution in [0, 0.1) is 0 Å². The second-order valence-corrected chi connectivity index (χ2v) is 3.52. The van der Waals surface area contributed by atoms with E-state index >= 15 is 0 Å². The van der Waals surface area contributed by atoms with E-state index in [1.807, 2.05) is 0 Å². The quantitative estimate of drug-likeness (QED) is 0.876. The Labute approximate surface area is 106 Å². The van der Waals surface area contributed by atoms with Crippen molar-refractivity contribution in [3.63, 3.8) is 0 Å². The summed E-state index contributed by atoms with van der Waals surface area (Å²) >= 11 is 0. The lowest BCUT2D eigenvalue weighted by Gasteiger charge is -2.10. The number of nitrogens with one attached hydrogen (secondary N) is 1. The minimum atomic E-state index is -4.97. The lowest BCUT2D eigenvalue weighted by Crippen LogP contribution is -2.36. The lowest BCUT2D eigenvalue weighted by atomic mass is 10.1. The van der Waals surface area contributed by atoms with Gasteiger partial charge in [-0.3, -0.25) is 4.79 Å². The van der Waals surface area contributed by atoms with Gasteiger partial charge in [0.05, 0.1) is 7.11 Å². The van der Waals surface area contributed by atoms with Gasteiger partial charge in [0.1, 0.15) is 11.3 Å². The van der Waals surface area contributed by atoms with Crippen LogP contribution in [0.4, 0.5) is 13.2 Å². The number of methoxy groups -OCH3 is 1. The molecule has 2 N–H and O–H groups in total. The summed E-state index contributed by atoms with van der Waals surface area (Å²) in [5.41, 5.74) is 0.0251. The molecule has 1 aromatic rings. The number of benzene rings is 1. The molecule has 1 amide bonds. The molecule has 19 heavy (non-hydrogen) atoms. The van der Waals surface area contributed by atoms with E-state index in [-0.39, 0.29) is 16.9 Å². The van der Waals surface area contributed by atoms with Gasteiger partial charge < -0.3 is 15.2 Å². The minimum absolute atomic E-state index is 0.0818. The largest absolute Gasteiger partial charge is 0.496 e. The summed E-state index contributed by atoms with van der Waals surface area (Å²) in [5.74, 6) is -3.28. The first-order valence-corrected chi connectivity index (χ1v) is 5.01. The molecular formula is C11H10F3NO4. The fourth-order valence-corrected chi connectivity index (χ4v) is 1.31. The highest BCUT2D eigenvalue weighted by Crippen LogP contribution is 2.20. The molecule has 0 atom stereocenters. The molecule has 0 aromatic heterocycles. The molecule has 0 aliphatic heterocycles. The van der Waals surface area contributed by atoms with Crippen LogP contribution in [0.1, 0.15) is 15.9 Å². The van der Waals surface area contributed by atoms with Gasteiger partial charge in [-0.25, -0.2) is 4.79 Å². The van der Waals surface area contributed by atoms with Gasteiger partial charge in [-0.2, -0.15) is 13.2 Å². The van der Waals surface area contributed by atoms with E-state index < -0.39 is 24.6 Å². The first-order chi connectivity index (χ1) is 8.75. The highest BCUT2D eigenvalue weighted by molar-refractivity contribution is 5.91. The van der Waals surface area contributed by atoms with E-state index in [0.29, 0.717) is 0 Å².